The maximum absolute atomic E-state index is 12.5. The van der Waals surface area contributed by atoms with Gasteiger partial charge in [0.1, 0.15) is 0 Å². The standard InChI is InChI=1S/C21H31N3O2/c1-16-6-5-11-24(14-16)20(25)15-23-12-9-18(10-13-23)22-21(26)19-8-4-3-7-17(19)2/h3-4,7-8,16,18H,5-6,9-15H2,1-2H3,(H,22,26)/t16-/m1/s1. The average Bonchev–Trinajstić information content (AvgIpc) is 2.63. The van der Waals surface area contributed by atoms with Gasteiger partial charge in [-0.3, -0.25) is 14.5 Å². The maximum atomic E-state index is 12.5. The van der Waals surface area contributed by atoms with E-state index in [1.807, 2.05) is 36.1 Å². The summed E-state index contributed by atoms with van der Waals surface area (Å²) in [6.45, 7) is 8.26. The van der Waals surface area contributed by atoms with Gasteiger partial charge in [-0.05, 0) is 50.2 Å². The van der Waals surface area contributed by atoms with Gasteiger partial charge in [0.05, 0.1) is 6.54 Å². The number of hydrogen-bond acceptors (Lipinski definition) is 3. The van der Waals surface area contributed by atoms with Gasteiger partial charge >= 0.3 is 0 Å². The summed E-state index contributed by atoms with van der Waals surface area (Å²) >= 11 is 0. The predicted octanol–water partition coefficient (Wildman–Crippen LogP) is 2.45. The van der Waals surface area contributed by atoms with Crippen LogP contribution in [0.1, 0.15) is 48.5 Å². The van der Waals surface area contributed by atoms with Gasteiger partial charge in [0.2, 0.25) is 5.91 Å². The number of nitrogens with zero attached hydrogens (tertiary/aromatic N) is 2. The largest absolute Gasteiger partial charge is 0.349 e. The van der Waals surface area contributed by atoms with Gasteiger partial charge in [0, 0.05) is 37.8 Å². The zero-order valence-electron chi connectivity index (χ0n) is 16.0. The molecule has 0 aromatic heterocycles. The Kier molecular flexibility index (Phi) is 6.30. The minimum atomic E-state index is 0.0138. The summed E-state index contributed by atoms with van der Waals surface area (Å²) in [6.07, 6.45) is 4.16. The molecule has 0 saturated carbocycles. The van der Waals surface area contributed by atoms with E-state index >= 15 is 0 Å². The van der Waals surface area contributed by atoms with E-state index in [1.165, 1.54) is 6.42 Å². The molecule has 2 saturated heterocycles. The molecule has 2 amide bonds. The lowest BCUT2D eigenvalue weighted by Crippen LogP contribution is -2.49. The highest BCUT2D eigenvalue weighted by Crippen LogP contribution is 2.17. The molecule has 2 fully saturated rings. The third-order valence-corrected chi connectivity index (χ3v) is 5.68. The molecular weight excluding hydrogens is 326 g/mol. The molecule has 0 bridgehead atoms. The van der Waals surface area contributed by atoms with E-state index < -0.39 is 0 Å². The van der Waals surface area contributed by atoms with Gasteiger partial charge in [0.15, 0.2) is 0 Å². The van der Waals surface area contributed by atoms with Crippen LogP contribution in [-0.2, 0) is 4.79 Å². The highest BCUT2D eigenvalue weighted by molar-refractivity contribution is 5.95. The number of nitrogens with one attached hydrogen (secondary N) is 1. The van der Waals surface area contributed by atoms with Crippen molar-refractivity contribution in [1.82, 2.24) is 15.1 Å². The fourth-order valence-electron chi connectivity index (χ4n) is 4.03. The molecule has 5 nitrogen and oxygen atoms in total. The van der Waals surface area contributed by atoms with Crippen molar-refractivity contribution < 1.29 is 9.59 Å². The highest BCUT2D eigenvalue weighted by Gasteiger charge is 2.26. The van der Waals surface area contributed by atoms with Crippen LogP contribution in [0, 0.1) is 12.8 Å². The quantitative estimate of drug-likeness (QED) is 0.901. The predicted molar refractivity (Wildman–Crippen MR) is 103 cm³/mol. The lowest BCUT2D eigenvalue weighted by atomic mass is 10.00. The second-order valence-electron chi connectivity index (χ2n) is 7.93. The zero-order valence-corrected chi connectivity index (χ0v) is 16.0. The second kappa shape index (κ2) is 8.67. The fourth-order valence-corrected chi connectivity index (χ4v) is 4.03. The number of likely N-dealkylation sites (tertiary alicyclic amines) is 2. The molecule has 1 atom stereocenters. The van der Waals surface area contributed by atoms with Crippen LogP contribution >= 0.6 is 0 Å². The molecule has 0 aliphatic carbocycles. The van der Waals surface area contributed by atoms with Crippen LogP contribution in [0.4, 0.5) is 0 Å². The Morgan fingerprint density at radius 1 is 1.12 bits per heavy atom. The SMILES string of the molecule is Cc1ccccc1C(=O)NC1CCN(CC(=O)N2CCC[C@@H](C)C2)CC1. The molecule has 2 aliphatic rings. The first-order valence-electron chi connectivity index (χ1n) is 9.89. The summed E-state index contributed by atoms with van der Waals surface area (Å²) in [4.78, 5) is 29.2. The Morgan fingerprint density at radius 2 is 1.85 bits per heavy atom. The van der Waals surface area contributed by atoms with Crippen LogP contribution in [0.5, 0.6) is 0 Å². The van der Waals surface area contributed by atoms with E-state index in [-0.39, 0.29) is 17.9 Å². The number of rotatable bonds is 4. The molecular formula is C21H31N3O2. The average molecular weight is 357 g/mol. The van der Waals surface area contributed by atoms with E-state index in [2.05, 4.69) is 17.1 Å². The van der Waals surface area contributed by atoms with Crippen molar-refractivity contribution in [3.05, 3.63) is 35.4 Å². The molecule has 1 N–H and O–H groups in total. The van der Waals surface area contributed by atoms with E-state index in [0.29, 0.717) is 12.5 Å². The first kappa shape index (κ1) is 18.9. The van der Waals surface area contributed by atoms with Crippen molar-refractivity contribution in [3.8, 4) is 0 Å². The molecule has 26 heavy (non-hydrogen) atoms. The molecule has 2 aliphatic heterocycles. The monoisotopic (exact) mass is 357 g/mol. The first-order valence-corrected chi connectivity index (χ1v) is 9.89. The zero-order chi connectivity index (χ0) is 18.5. The van der Waals surface area contributed by atoms with E-state index in [1.54, 1.807) is 0 Å². The molecule has 0 spiro atoms. The molecule has 0 unspecified atom stereocenters. The van der Waals surface area contributed by atoms with Gasteiger partial charge in [-0.2, -0.15) is 0 Å². The van der Waals surface area contributed by atoms with Crippen molar-refractivity contribution in [1.29, 1.82) is 0 Å². The summed E-state index contributed by atoms with van der Waals surface area (Å²) in [7, 11) is 0. The van der Waals surface area contributed by atoms with Crippen molar-refractivity contribution in [3.63, 3.8) is 0 Å². The van der Waals surface area contributed by atoms with Gasteiger partial charge in [-0.1, -0.05) is 25.1 Å². The molecule has 0 radical (unpaired) electrons. The fraction of sp³-hybridized carbons (Fsp3) is 0.619. The first-order chi connectivity index (χ1) is 12.5. The van der Waals surface area contributed by atoms with Crippen molar-refractivity contribution in [2.75, 3.05) is 32.7 Å². The Labute approximate surface area is 156 Å². The Bertz CT molecular complexity index is 638. The topological polar surface area (TPSA) is 52.7 Å². The van der Waals surface area contributed by atoms with Gasteiger partial charge in [-0.25, -0.2) is 0 Å². The summed E-state index contributed by atoms with van der Waals surface area (Å²) in [6, 6.07) is 7.88. The molecule has 3 rings (SSSR count). The Hall–Kier alpha value is -1.88. The summed E-state index contributed by atoms with van der Waals surface area (Å²) in [5.41, 5.74) is 1.76. The van der Waals surface area contributed by atoms with Gasteiger partial charge < -0.3 is 10.2 Å². The number of amides is 2. The van der Waals surface area contributed by atoms with Crippen LogP contribution < -0.4 is 5.32 Å². The minimum absolute atomic E-state index is 0.0138. The van der Waals surface area contributed by atoms with Gasteiger partial charge in [0.25, 0.3) is 5.91 Å². The third kappa shape index (κ3) is 4.85. The Morgan fingerprint density at radius 3 is 2.54 bits per heavy atom. The third-order valence-electron chi connectivity index (χ3n) is 5.68. The van der Waals surface area contributed by atoms with Gasteiger partial charge in [-0.15, -0.1) is 0 Å². The lowest BCUT2D eigenvalue weighted by molar-refractivity contribution is -0.134. The van der Waals surface area contributed by atoms with Crippen molar-refractivity contribution in [2.24, 2.45) is 5.92 Å². The normalized spacial score (nSPS) is 22.2. The molecule has 1 aromatic carbocycles. The van der Waals surface area contributed by atoms with Crippen LogP contribution in [0.2, 0.25) is 0 Å². The number of carbonyl (C=O) groups excluding carboxylic acids is 2. The molecule has 5 heteroatoms. The van der Waals surface area contributed by atoms with E-state index in [0.717, 1.165) is 56.6 Å². The van der Waals surface area contributed by atoms with Crippen molar-refractivity contribution >= 4 is 11.8 Å². The molecule has 2 heterocycles. The van der Waals surface area contributed by atoms with Crippen LogP contribution in [-0.4, -0.2) is 60.4 Å². The number of hydrogen-bond donors (Lipinski definition) is 1. The number of aryl methyl sites for hydroxylation is 1. The maximum Gasteiger partial charge on any atom is 0.251 e. The molecule has 1 aromatic rings. The second-order valence-corrected chi connectivity index (χ2v) is 7.93. The Balaban J connectivity index is 1.43. The van der Waals surface area contributed by atoms with Crippen molar-refractivity contribution in [2.45, 2.75) is 45.6 Å². The lowest BCUT2D eigenvalue weighted by Gasteiger charge is -2.35. The highest BCUT2D eigenvalue weighted by atomic mass is 16.2. The summed E-state index contributed by atoms with van der Waals surface area (Å²) in [5, 5.41) is 3.16. The summed E-state index contributed by atoms with van der Waals surface area (Å²) < 4.78 is 0. The summed E-state index contributed by atoms with van der Waals surface area (Å²) in [5.74, 6) is 0.897. The number of piperidine rings is 2. The van der Waals surface area contributed by atoms with Crippen LogP contribution in [0.15, 0.2) is 24.3 Å². The smallest absolute Gasteiger partial charge is 0.251 e. The van der Waals surface area contributed by atoms with E-state index in [4.69, 9.17) is 0 Å². The van der Waals surface area contributed by atoms with Crippen LogP contribution in [0.25, 0.3) is 0 Å². The van der Waals surface area contributed by atoms with E-state index in [9.17, 15) is 9.59 Å². The number of benzene rings is 1. The number of carbonyl (C=O) groups is 2. The molecule has 142 valence electrons. The van der Waals surface area contributed by atoms with Crippen LogP contribution in [0.3, 0.4) is 0 Å². The minimum Gasteiger partial charge on any atom is -0.349 e.